The van der Waals surface area contributed by atoms with E-state index in [9.17, 15) is 9.59 Å². The van der Waals surface area contributed by atoms with Crippen LogP contribution in [-0.2, 0) is 9.53 Å². The van der Waals surface area contributed by atoms with Crippen molar-refractivity contribution < 1.29 is 19.1 Å². The van der Waals surface area contributed by atoms with Gasteiger partial charge in [-0.05, 0) is 60.5 Å². The Morgan fingerprint density at radius 2 is 1.72 bits per heavy atom. The second-order valence-electron chi connectivity index (χ2n) is 6.62. The maximum atomic E-state index is 12.4. The first-order chi connectivity index (χ1) is 14.0. The van der Waals surface area contributed by atoms with Crippen molar-refractivity contribution >= 4 is 28.9 Å². The number of hydrogen-bond donors (Lipinski definition) is 1. The zero-order valence-corrected chi connectivity index (χ0v) is 16.3. The molecular formula is C23H22N2O4. The number of benzene rings is 3. The molecule has 0 bridgehead atoms. The number of esters is 1. The molecule has 0 aliphatic carbocycles. The molecule has 0 saturated carbocycles. The van der Waals surface area contributed by atoms with Gasteiger partial charge in [-0.1, -0.05) is 36.4 Å². The smallest absolute Gasteiger partial charge is 0.344 e. The summed E-state index contributed by atoms with van der Waals surface area (Å²) in [6, 6.07) is 20.3. The molecule has 0 heterocycles. The molecule has 0 aromatic heterocycles. The minimum absolute atomic E-state index is 0.146. The molecule has 0 unspecified atom stereocenters. The third-order valence-corrected chi connectivity index (χ3v) is 4.02. The Hall–Kier alpha value is -3.67. The Labute approximate surface area is 169 Å². The maximum Gasteiger partial charge on any atom is 0.344 e. The van der Waals surface area contributed by atoms with Crippen LogP contribution in [0.15, 0.2) is 71.8 Å². The molecule has 29 heavy (non-hydrogen) atoms. The summed E-state index contributed by atoms with van der Waals surface area (Å²) in [6.45, 7) is 3.42. The average Bonchev–Trinajstić information content (AvgIpc) is 2.72. The van der Waals surface area contributed by atoms with E-state index in [0.29, 0.717) is 11.3 Å². The largest absolute Gasteiger partial charge is 0.482 e. The van der Waals surface area contributed by atoms with Crippen LogP contribution in [0.3, 0.4) is 0 Å². The van der Waals surface area contributed by atoms with Gasteiger partial charge in [0, 0.05) is 5.56 Å². The minimum atomic E-state index is -0.415. The SMILES string of the molecule is CC(C)OC(=O)COc1ccc(/C=N\NC(=O)c2cccc3ccccc23)cc1. The van der Waals surface area contributed by atoms with Gasteiger partial charge >= 0.3 is 5.97 Å². The normalized spacial score (nSPS) is 11.0. The lowest BCUT2D eigenvalue weighted by atomic mass is 10.0. The lowest BCUT2D eigenvalue weighted by Crippen LogP contribution is -2.18. The van der Waals surface area contributed by atoms with Gasteiger partial charge in [-0.15, -0.1) is 0 Å². The summed E-state index contributed by atoms with van der Waals surface area (Å²) in [5.41, 5.74) is 3.90. The van der Waals surface area contributed by atoms with Gasteiger partial charge in [-0.25, -0.2) is 10.2 Å². The standard InChI is InChI=1S/C23H22N2O4/c1-16(2)29-22(26)15-28-19-12-10-17(11-13-19)14-24-25-23(27)21-9-5-7-18-6-3-4-8-20(18)21/h3-14,16H,15H2,1-2H3,(H,25,27)/b24-14-. The molecule has 0 fully saturated rings. The molecule has 3 aromatic carbocycles. The maximum absolute atomic E-state index is 12.4. The molecule has 0 aliphatic heterocycles. The molecule has 1 N–H and O–H groups in total. The van der Waals surface area contributed by atoms with Crippen LogP contribution in [0.5, 0.6) is 5.75 Å². The van der Waals surface area contributed by atoms with Crippen LogP contribution in [0.2, 0.25) is 0 Å². The molecule has 0 spiro atoms. The van der Waals surface area contributed by atoms with Crippen molar-refractivity contribution in [3.63, 3.8) is 0 Å². The quantitative estimate of drug-likeness (QED) is 0.377. The van der Waals surface area contributed by atoms with Crippen LogP contribution in [0.4, 0.5) is 0 Å². The molecular weight excluding hydrogens is 368 g/mol. The molecule has 0 saturated heterocycles. The van der Waals surface area contributed by atoms with Gasteiger partial charge in [0.1, 0.15) is 5.75 Å². The lowest BCUT2D eigenvalue weighted by molar-refractivity contribution is -0.149. The highest BCUT2D eigenvalue weighted by Gasteiger charge is 2.08. The van der Waals surface area contributed by atoms with Crippen molar-refractivity contribution in [3.05, 3.63) is 77.9 Å². The monoisotopic (exact) mass is 390 g/mol. The van der Waals surface area contributed by atoms with Gasteiger partial charge in [0.05, 0.1) is 12.3 Å². The van der Waals surface area contributed by atoms with E-state index in [1.165, 1.54) is 0 Å². The fraction of sp³-hybridized carbons (Fsp3) is 0.174. The third-order valence-electron chi connectivity index (χ3n) is 4.02. The average molecular weight is 390 g/mol. The summed E-state index contributed by atoms with van der Waals surface area (Å²) in [7, 11) is 0. The van der Waals surface area contributed by atoms with Crippen molar-refractivity contribution in [2.45, 2.75) is 20.0 Å². The first-order valence-electron chi connectivity index (χ1n) is 9.26. The summed E-state index contributed by atoms with van der Waals surface area (Å²) in [4.78, 5) is 23.9. The number of nitrogens with zero attached hydrogens (tertiary/aromatic N) is 1. The molecule has 6 nitrogen and oxygen atoms in total. The Morgan fingerprint density at radius 1 is 1.00 bits per heavy atom. The zero-order valence-electron chi connectivity index (χ0n) is 16.3. The van der Waals surface area contributed by atoms with E-state index in [2.05, 4.69) is 10.5 Å². The second-order valence-corrected chi connectivity index (χ2v) is 6.62. The van der Waals surface area contributed by atoms with E-state index in [4.69, 9.17) is 9.47 Å². The number of amides is 1. The fourth-order valence-corrected chi connectivity index (χ4v) is 2.74. The fourth-order valence-electron chi connectivity index (χ4n) is 2.74. The molecule has 1 amide bonds. The predicted molar refractivity (Wildman–Crippen MR) is 112 cm³/mol. The molecule has 3 aromatic rings. The molecule has 0 atom stereocenters. The van der Waals surface area contributed by atoms with Crippen LogP contribution in [0.25, 0.3) is 10.8 Å². The number of carbonyl (C=O) groups excluding carboxylic acids is 2. The van der Waals surface area contributed by atoms with E-state index in [1.54, 1.807) is 50.4 Å². The number of fused-ring (bicyclic) bond motifs is 1. The van der Waals surface area contributed by atoms with Crippen LogP contribution < -0.4 is 10.2 Å². The van der Waals surface area contributed by atoms with Gasteiger partial charge < -0.3 is 9.47 Å². The van der Waals surface area contributed by atoms with Crippen molar-refractivity contribution in [2.24, 2.45) is 5.10 Å². The molecule has 148 valence electrons. The van der Waals surface area contributed by atoms with Crippen LogP contribution >= 0.6 is 0 Å². The summed E-state index contributed by atoms with van der Waals surface area (Å²) in [5, 5.41) is 5.89. The Bertz CT molecular complexity index is 1020. The zero-order chi connectivity index (χ0) is 20.6. The van der Waals surface area contributed by atoms with E-state index < -0.39 is 5.97 Å². The highest BCUT2D eigenvalue weighted by Crippen LogP contribution is 2.18. The lowest BCUT2D eigenvalue weighted by Gasteiger charge is -2.09. The predicted octanol–water partition coefficient (Wildman–Crippen LogP) is 3.93. The Morgan fingerprint density at radius 3 is 2.48 bits per heavy atom. The Kier molecular flexibility index (Phi) is 6.58. The molecule has 0 radical (unpaired) electrons. The minimum Gasteiger partial charge on any atom is -0.482 e. The topological polar surface area (TPSA) is 77.0 Å². The number of rotatable bonds is 7. The highest BCUT2D eigenvalue weighted by molar-refractivity contribution is 6.07. The third kappa shape index (κ3) is 5.65. The van der Waals surface area contributed by atoms with Crippen LogP contribution in [0.1, 0.15) is 29.8 Å². The van der Waals surface area contributed by atoms with Crippen molar-refractivity contribution in [3.8, 4) is 5.75 Å². The van der Waals surface area contributed by atoms with Crippen LogP contribution in [-0.4, -0.2) is 30.8 Å². The number of hydrogen-bond acceptors (Lipinski definition) is 5. The molecule has 3 rings (SSSR count). The molecule has 6 heteroatoms. The summed E-state index contributed by atoms with van der Waals surface area (Å²) < 4.78 is 10.4. The summed E-state index contributed by atoms with van der Waals surface area (Å²) >= 11 is 0. The van der Waals surface area contributed by atoms with Gasteiger partial charge in [0.2, 0.25) is 0 Å². The van der Waals surface area contributed by atoms with E-state index in [0.717, 1.165) is 16.3 Å². The first kappa shape index (κ1) is 20.1. The van der Waals surface area contributed by atoms with Crippen molar-refractivity contribution in [1.29, 1.82) is 0 Å². The molecule has 0 aliphatic rings. The van der Waals surface area contributed by atoms with Crippen LogP contribution in [0, 0.1) is 0 Å². The van der Waals surface area contributed by atoms with Gasteiger partial charge in [-0.3, -0.25) is 4.79 Å². The van der Waals surface area contributed by atoms with E-state index in [1.807, 2.05) is 36.4 Å². The number of nitrogens with one attached hydrogen (secondary N) is 1. The van der Waals surface area contributed by atoms with E-state index >= 15 is 0 Å². The Balaban J connectivity index is 1.56. The van der Waals surface area contributed by atoms with Crippen molar-refractivity contribution in [1.82, 2.24) is 5.43 Å². The van der Waals surface area contributed by atoms with E-state index in [-0.39, 0.29) is 18.6 Å². The van der Waals surface area contributed by atoms with Crippen molar-refractivity contribution in [2.75, 3.05) is 6.61 Å². The highest BCUT2D eigenvalue weighted by atomic mass is 16.6. The van der Waals surface area contributed by atoms with Gasteiger partial charge in [0.15, 0.2) is 6.61 Å². The summed E-state index contributed by atoms with van der Waals surface area (Å²) in [6.07, 6.45) is 1.37. The second kappa shape index (κ2) is 9.50. The summed E-state index contributed by atoms with van der Waals surface area (Å²) in [5.74, 6) is -0.147. The first-order valence-corrected chi connectivity index (χ1v) is 9.26. The number of hydrazone groups is 1. The number of ether oxygens (including phenoxy) is 2. The number of carbonyl (C=O) groups is 2. The van der Waals surface area contributed by atoms with Gasteiger partial charge in [0.25, 0.3) is 5.91 Å². The van der Waals surface area contributed by atoms with Gasteiger partial charge in [-0.2, -0.15) is 5.10 Å².